The van der Waals surface area contributed by atoms with Gasteiger partial charge in [0.2, 0.25) is 0 Å². The Hall–Kier alpha value is -3.02. The summed E-state index contributed by atoms with van der Waals surface area (Å²) in [6.07, 6.45) is 7.28. The highest BCUT2D eigenvalue weighted by molar-refractivity contribution is 6.00. The highest BCUT2D eigenvalue weighted by atomic mass is 16.5. The lowest BCUT2D eigenvalue weighted by atomic mass is 10.1. The Morgan fingerprint density at radius 2 is 1.48 bits per heavy atom. The van der Waals surface area contributed by atoms with Crippen LogP contribution in [0, 0.1) is 0 Å². The summed E-state index contributed by atoms with van der Waals surface area (Å²) >= 11 is 0. The third kappa shape index (κ3) is 7.49. The predicted molar refractivity (Wildman–Crippen MR) is 113 cm³/mol. The second kappa shape index (κ2) is 12.4. The van der Waals surface area contributed by atoms with Gasteiger partial charge in [-0.25, -0.2) is 0 Å². The predicted octanol–water partition coefficient (Wildman–Crippen LogP) is 4.51. The molecular formula is C23H30N2O4. The molecule has 2 N–H and O–H groups in total. The van der Waals surface area contributed by atoms with E-state index in [1.165, 1.54) is 39.2 Å². The maximum absolute atomic E-state index is 12.2. The first kappa shape index (κ1) is 22.3. The average Bonchev–Trinajstić information content (AvgIpc) is 2.77. The van der Waals surface area contributed by atoms with E-state index in [1.54, 1.807) is 48.5 Å². The van der Waals surface area contributed by atoms with Crippen LogP contribution in [0.1, 0.15) is 66.2 Å². The second-order valence-electron chi connectivity index (χ2n) is 6.75. The monoisotopic (exact) mass is 398 g/mol. The molecule has 29 heavy (non-hydrogen) atoms. The fourth-order valence-electron chi connectivity index (χ4n) is 2.86. The molecule has 0 aromatic heterocycles. The molecule has 2 rings (SSSR count). The summed E-state index contributed by atoms with van der Waals surface area (Å²) in [4.78, 5) is 24.5. The molecule has 0 saturated heterocycles. The molecule has 0 spiro atoms. The van der Waals surface area contributed by atoms with E-state index in [9.17, 15) is 9.59 Å². The molecular weight excluding hydrogens is 368 g/mol. The molecule has 0 unspecified atom stereocenters. The molecule has 0 heterocycles. The number of hydrogen-bond donors (Lipinski definition) is 2. The maximum atomic E-state index is 12.2. The molecule has 0 aliphatic heterocycles. The number of benzene rings is 2. The number of amides is 2. The highest BCUT2D eigenvalue weighted by Crippen LogP contribution is 2.17. The van der Waals surface area contributed by atoms with Crippen molar-refractivity contribution in [2.24, 2.45) is 0 Å². The van der Waals surface area contributed by atoms with E-state index in [4.69, 9.17) is 9.47 Å². The molecule has 0 radical (unpaired) electrons. The number of para-hydroxylation sites is 1. The number of nitrogens with one attached hydrogen (secondary N) is 2. The Morgan fingerprint density at radius 3 is 2.21 bits per heavy atom. The van der Waals surface area contributed by atoms with Crippen LogP contribution < -0.4 is 20.3 Å². The van der Waals surface area contributed by atoms with Crippen molar-refractivity contribution in [3.05, 3.63) is 59.7 Å². The molecule has 2 aromatic rings. The third-order valence-electron chi connectivity index (χ3n) is 4.52. The normalized spacial score (nSPS) is 10.3. The summed E-state index contributed by atoms with van der Waals surface area (Å²) in [6, 6.07) is 13.6. The molecule has 6 heteroatoms. The fourth-order valence-corrected chi connectivity index (χ4v) is 2.86. The minimum Gasteiger partial charge on any atom is -0.496 e. The van der Waals surface area contributed by atoms with Crippen molar-refractivity contribution in [2.45, 2.75) is 45.4 Å². The first-order valence-electron chi connectivity index (χ1n) is 10.1. The Bertz CT molecular complexity index is 775. The maximum Gasteiger partial charge on any atom is 0.273 e. The topological polar surface area (TPSA) is 76.7 Å². The summed E-state index contributed by atoms with van der Waals surface area (Å²) in [5.74, 6) is 0.310. The minimum atomic E-state index is -0.449. The zero-order chi connectivity index (χ0) is 20.9. The van der Waals surface area contributed by atoms with Gasteiger partial charge < -0.3 is 9.47 Å². The molecule has 156 valence electrons. The van der Waals surface area contributed by atoms with Crippen molar-refractivity contribution in [1.29, 1.82) is 0 Å². The lowest BCUT2D eigenvalue weighted by Crippen LogP contribution is -2.41. The summed E-state index contributed by atoms with van der Waals surface area (Å²) in [7, 11) is 1.49. The number of rotatable bonds is 11. The lowest BCUT2D eigenvalue weighted by Gasteiger charge is -2.11. The molecule has 6 nitrogen and oxygen atoms in total. The summed E-state index contributed by atoms with van der Waals surface area (Å²) in [5.41, 5.74) is 5.58. The van der Waals surface area contributed by atoms with Crippen molar-refractivity contribution in [1.82, 2.24) is 10.9 Å². The Balaban J connectivity index is 1.75. The number of hydrogen-bond acceptors (Lipinski definition) is 4. The smallest absolute Gasteiger partial charge is 0.273 e. The SMILES string of the molecule is CCCCCCCCOc1ccc(C(=O)NNC(=O)c2ccccc2OC)cc1. The molecule has 0 saturated carbocycles. The van der Waals surface area contributed by atoms with Crippen LogP contribution in [0.5, 0.6) is 11.5 Å². The van der Waals surface area contributed by atoms with E-state index in [0.29, 0.717) is 23.5 Å². The molecule has 0 aliphatic rings. The Morgan fingerprint density at radius 1 is 0.828 bits per heavy atom. The summed E-state index contributed by atoms with van der Waals surface area (Å²) in [5, 5.41) is 0. The number of unbranched alkanes of at least 4 members (excludes halogenated alkanes) is 5. The van der Waals surface area contributed by atoms with Crippen molar-refractivity contribution in [2.75, 3.05) is 13.7 Å². The van der Waals surface area contributed by atoms with Crippen LogP contribution in [0.3, 0.4) is 0 Å². The Kier molecular flexibility index (Phi) is 9.55. The minimum absolute atomic E-state index is 0.341. The van der Waals surface area contributed by atoms with Crippen molar-refractivity contribution >= 4 is 11.8 Å². The van der Waals surface area contributed by atoms with Crippen LogP contribution in [-0.2, 0) is 0 Å². The van der Waals surface area contributed by atoms with Crippen molar-refractivity contribution in [3.63, 3.8) is 0 Å². The zero-order valence-electron chi connectivity index (χ0n) is 17.2. The Labute approximate surface area is 172 Å². The van der Waals surface area contributed by atoms with Gasteiger partial charge in [-0.1, -0.05) is 51.2 Å². The van der Waals surface area contributed by atoms with E-state index < -0.39 is 11.8 Å². The number of methoxy groups -OCH3 is 1. The van der Waals surface area contributed by atoms with E-state index >= 15 is 0 Å². The van der Waals surface area contributed by atoms with Gasteiger partial charge in [-0.05, 0) is 42.8 Å². The van der Waals surface area contributed by atoms with Crippen LogP contribution in [-0.4, -0.2) is 25.5 Å². The standard InChI is InChI=1S/C23H30N2O4/c1-3-4-5-6-7-10-17-29-19-15-13-18(14-16-19)22(26)24-25-23(27)20-11-8-9-12-21(20)28-2/h8-9,11-16H,3-7,10,17H2,1-2H3,(H,24,26)(H,25,27). The van der Waals surface area contributed by atoms with Crippen LogP contribution >= 0.6 is 0 Å². The zero-order valence-corrected chi connectivity index (χ0v) is 17.2. The van der Waals surface area contributed by atoms with E-state index in [0.717, 1.165) is 12.2 Å². The first-order chi connectivity index (χ1) is 14.2. The van der Waals surface area contributed by atoms with Gasteiger partial charge in [-0.15, -0.1) is 0 Å². The molecule has 2 amide bonds. The van der Waals surface area contributed by atoms with Gasteiger partial charge in [0.25, 0.3) is 11.8 Å². The van der Waals surface area contributed by atoms with E-state index in [2.05, 4.69) is 17.8 Å². The van der Waals surface area contributed by atoms with Crippen molar-refractivity contribution in [3.8, 4) is 11.5 Å². The quantitative estimate of drug-likeness (QED) is 0.431. The van der Waals surface area contributed by atoms with Crippen LogP contribution in [0.25, 0.3) is 0 Å². The average molecular weight is 399 g/mol. The molecule has 0 atom stereocenters. The van der Waals surface area contributed by atoms with Gasteiger partial charge in [0.1, 0.15) is 11.5 Å². The van der Waals surface area contributed by atoms with Gasteiger partial charge in [-0.3, -0.25) is 20.4 Å². The van der Waals surface area contributed by atoms with Gasteiger partial charge in [-0.2, -0.15) is 0 Å². The summed E-state index contributed by atoms with van der Waals surface area (Å²) in [6.45, 7) is 2.88. The van der Waals surface area contributed by atoms with Crippen LogP contribution in [0.4, 0.5) is 0 Å². The van der Waals surface area contributed by atoms with Gasteiger partial charge in [0.05, 0.1) is 19.3 Å². The first-order valence-corrected chi connectivity index (χ1v) is 10.1. The number of carbonyl (C=O) groups is 2. The fraction of sp³-hybridized carbons (Fsp3) is 0.391. The number of carbonyl (C=O) groups excluding carboxylic acids is 2. The number of hydrazine groups is 1. The van der Waals surface area contributed by atoms with Gasteiger partial charge in [0, 0.05) is 5.56 Å². The third-order valence-corrected chi connectivity index (χ3v) is 4.52. The van der Waals surface area contributed by atoms with E-state index in [-0.39, 0.29) is 0 Å². The van der Waals surface area contributed by atoms with Crippen molar-refractivity contribution < 1.29 is 19.1 Å². The lowest BCUT2D eigenvalue weighted by molar-refractivity contribution is 0.0845. The highest BCUT2D eigenvalue weighted by Gasteiger charge is 2.13. The van der Waals surface area contributed by atoms with Crippen LogP contribution in [0.15, 0.2) is 48.5 Å². The molecule has 0 bridgehead atoms. The van der Waals surface area contributed by atoms with Crippen LogP contribution in [0.2, 0.25) is 0 Å². The van der Waals surface area contributed by atoms with Gasteiger partial charge in [0.15, 0.2) is 0 Å². The molecule has 0 fully saturated rings. The number of ether oxygens (including phenoxy) is 2. The summed E-state index contributed by atoms with van der Waals surface area (Å²) < 4.78 is 10.9. The van der Waals surface area contributed by atoms with Gasteiger partial charge >= 0.3 is 0 Å². The second-order valence-corrected chi connectivity index (χ2v) is 6.75. The van der Waals surface area contributed by atoms with E-state index in [1.807, 2.05) is 0 Å². The largest absolute Gasteiger partial charge is 0.496 e. The molecule has 0 aliphatic carbocycles. The molecule has 2 aromatic carbocycles.